The molecule has 0 aliphatic carbocycles. The number of hydrogen-bond acceptors (Lipinski definition) is 5. The summed E-state index contributed by atoms with van der Waals surface area (Å²) in [5.74, 6) is -0.157. The number of carbonyl (C=O) groups excluding carboxylic acids is 1. The number of nitrogens with one attached hydrogen (secondary N) is 2. The van der Waals surface area contributed by atoms with E-state index >= 15 is 0 Å². The molecule has 0 aromatic carbocycles. The molecule has 1 fully saturated rings. The first-order chi connectivity index (χ1) is 9.66. The van der Waals surface area contributed by atoms with Crippen LogP contribution in [0.4, 0.5) is 0 Å². The molecular formula is C13H22N4O3. The van der Waals surface area contributed by atoms with Gasteiger partial charge in [-0.25, -0.2) is 0 Å². The molecule has 20 heavy (non-hydrogen) atoms. The molecule has 0 spiro atoms. The summed E-state index contributed by atoms with van der Waals surface area (Å²) in [5, 5.41) is 9.34. The third kappa shape index (κ3) is 4.29. The van der Waals surface area contributed by atoms with Gasteiger partial charge in [0.05, 0.1) is 37.1 Å². The van der Waals surface area contributed by atoms with Gasteiger partial charge >= 0.3 is 0 Å². The molecule has 0 bridgehead atoms. The number of nitrogens with zero attached hydrogens (tertiary/aromatic N) is 2. The summed E-state index contributed by atoms with van der Waals surface area (Å²) in [6.45, 7) is 2.66. The molecule has 1 aliphatic heterocycles. The first kappa shape index (κ1) is 15.0. The van der Waals surface area contributed by atoms with Crippen molar-refractivity contribution in [3.8, 4) is 0 Å². The van der Waals surface area contributed by atoms with Gasteiger partial charge in [-0.05, 0) is 20.5 Å². The van der Waals surface area contributed by atoms with E-state index in [2.05, 4.69) is 20.4 Å². The zero-order chi connectivity index (χ0) is 14.4. The lowest BCUT2D eigenvalue weighted by molar-refractivity contribution is -0.0561. The minimum Gasteiger partial charge on any atom is -0.379 e. The highest BCUT2D eigenvalue weighted by atomic mass is 16.5. The van der Waals surface area contributed by atoms with E-state index in [1.807, 2.05) is 14.1 Å². The predicted octanol–water partition coefficient (Wildman–Crippen LogP) is -0.125. The maximum absolute atomic E-state index is 12.0. The number of aromatic nitrogens is 2. The second-order valence-electron chi connectivity index (χ2n) is 5.14. The van der Waals surface area contributed by atoms with Crippen LogP contribution in [0.1, 0.15) is 16.8 Å². The molecule has 7 heteroatoms. The molecule has 7 nitrogen and oxygen atoms in total. The van der Waals surface area contributed by atoms with Crippen LogP contribution >= 0.6 is 0 Å². The lowest BCUT2D eigenvalue weighted by Gasteiger charge is -2.32. The number of carbonyl (C=O) groups is 1. The van der Waals surface area contributed by atoms with Crippen LogP contribution in [0.2, 0.25) is 0 Å². The first-order valence-corrected chi connectivity index (χ1v) is 6.80. The van der Waals surface area contributed by atoms with Gasteiger partial charge in [-0.3, -0.25) is 9.89 Å². The molecule has 1 amide bonds. The standard InChI is InChI=1S/C13H22N4O3/c1-17(2)4-6-20-12-3-5-19-9-11(12)16-13(18)10-7-14-15-8-10/h7-8,11-12H,3-6,9H2,1-2H3,(H,14,15)(H,16,18)/t11-,12+/m0/s1. The number of aromatic amines is 1. The Kier molecular flexibility index (Phi) is 5.51. The Hall–Kier alpha value is -1.44. The lowest BCUT2D eigenvalue weighted by Crippen LogP contribution is -2.50. The molecule has 0 unspecified atom stereocenters. The summed E-state index contributed by atoms with van der Waals surface area (Å²) in [5.41, 5.74) is 0.516. The zero-order valence-electron chi connectivity index (χ0n) is 12.0. The van der Waals surface area contributed by atoms with Gasteiger partial charge in [0.25, 0.3) is 5.91 Å². The van der Waals surface area contributed by atoms with Crippen LogP contribution in [0.5, 0.6) is 0 Å². The summed E-state index contributed by atoms with van der Waals surface area (Å²) in [4.78, 5) is 14.1. The van der Waals surface area contributed by atoms with Crippen molar-refractivity contribution in [2.75, 3.05) is 40.5 Å². The smallest absolute Gasteiger partial charge is 0.254 e. The summed E-state index contributed by atoms with van der Waals surface area (Å²) >= 11 is 0. The minimum absolute atomic E-state index is 0.000416. The van der Waals surface area contributed by atoms with Gasteiger partial charge in [-0.1, -0.05) is 0 Å². The Morgan fingerprint density at radius 1 is 1.65 bits per heavy atom. The molecule has 0 saturated carbocycles. The summed E-state index contributed by atoms with van der Waals surface area (Å²) in [7, 11) is 4.01. The predicted molar refractivity (Wildman–Crippen MR) is 73.6 cm³/mol. The number of ether oxygens (including phenoxy) is 2. The van der Waals surface area contributed by atoms with E-state index in [1.54, 1.807) is 6.20 Å². The summed E-state index contributed by atoms with van der Waals surface area (Å²) < 4.78 is 11.3. The van der Waals surface area contributed by atoms with Crippen LogP contribution in [-0.2, 0) is 9.47 Å². The quantitative estimate of drug-likeness (QED) is 0.760. The molecule has 1 aromatic heterocycles. The molecule has 2 N–H and O–H groups in total. The Bertz CT molecular complexity index is 408. The minimum atomic E-state index is -0.157. The van der Waals surface area contributed by atoms with Crippen molar-refractivity contribution in [3.63, 3.8) is 0 Å². The highest BCUT2D eigenvalue weighted by Crippen LogP contribution is 2.12. The number of H-pyrrole nitrogens is 1. The fourth-order valence-corrected chi connectivity index (χ4v) is 2.07. The maximum Gasteiger partial charge on any atom is 0.254 e. The van der Waals surface area contributed by atoms with Gasteiger partial charge in [-0.15, -0.1) is 0 Å². The zero-order valence-corrected chi connectivity index (χ0v) is 12.0. The van der Waals surface area contributed by atoms with Crippen molar-refractivity contribution in [2.45, 2.75) is 18.6 Å². The van der Waals surface area contributed by atoms with E-state index in [9.17, 15) is 4.79 Å². The molecule has 112 valence electrons. The van der Waals surface area contributed by atoms with Crippen molar-refractivity contribution in [1.29, 1.82) is 0 Å². The number of amides is 1. The average molecular weight is 282 g/mol. The molecule has 1 aliphatic rings. The summed E-state index contributed by atoms with van der Waals surface area (Å²) in [6.07, 6.45) is 3.87. The second kappa shape index (κ2) is 7.37. The van der Waals surface area contributed by atoms with Gasteiger partial charge in [0.1, 0.15) is 0 Å². The molecule has 1 saturated heterocycles. The van der Waals surface area contributed by atoms with E-state index in [-0.39, 0.29) is 18.1 Å². The van der Waals surface area contributed by atoms with Gasteiger partial charge in [-0.2, -0.15) is 5.10 Å². The highest BCUT2D eigenvalue weighted by molar-refractivity contribution is 5.93. The topological polar surface area (TPSA) is 79.5 Å². The number of rotatable bonds is 6. The lowest BCUT2D eigenvalue weighted by atomic mass is 10.1. The Morgan fingerprint density at radius 2 is 2.50 bits per heavy atom. The van der Waals surface area contributed by atoms with Crippen molar-refractivity contribution in [3.05, 3.63) is 18.0 Å². The van der Waals surface area contributed by atoms with Crippen LogP contribution in [0.3, 0.4) is 0 Å². The van der Waals surface area contributed by atoms with Crippen molar-refractivity contribution < 1.29 is 14.3 Å². The largest absolute Gasteiger partial charge is 0.379 e. The fourth-order valence-electron chi connectivity index (χ4n) is 2.07. The first-order valence-electron chi connectivity index (χ1n) is 6.80. The maximum atomic E-state index is 12.0. The van der Waals surface area contributed by atoms with Crippen LogP contribution in [-0.4, -0.2) is 73.6 Å². The SMILES string of the molecule is CN(C)CCO[C@@H]1CCOC[C@@H]1NC(=O)c1cn[nH]c1. The summed E-state index contributed by atoms with van der Waals surface area (Å²) in [6, 6.07) is -0.117. The third-order valence-corrected chi connectivity index (χ3v) is 3.24. The molecular weight excluding hydrogens is 260 g/mol. The molecule has 0 radical (unpaired) electrons. The Labute approximate surface area is 118 Å². The van der Waals surface area contributed by atoms with Crippen molar-refractivity contribution in [2.24, 2.45) is 0 Å². The van der Waals surface area contributed by atoms with Crippen LogP contribution in [0, 0.1) is 0 Å². The van der Waals surface area contributed by atoms with Gasteiger partial charge in [0.15, 0.2) is 0 Å². The highest BCUT2D eigenvalue weighted by Gasteiger charge is 2.28. The van der Waals surface area contributed by atoms with Crippen molar-refractivity contribution in [1.82, 2.24) is 20.4 Å². The Balaban J connectivity index is 1.85. The molecule has 2 heterocycles. The molecule has 2 atom stereocenters. The van der Waals surface area contributed by atoms with Gasteiger partial charge in [0.2, 0.25) is 0 Å². The van der Waals surface area contributed by atoms with E-state index in [4.69, 9.17) is 9.47 Å². The molecule has 1 aromatic rings. The van der Waals surface area contributed by atoms with E-state index in [1.165, 1.54) is 6.20 Å². The number of likely N-dealkylation sites (N-methyl/N-ethyl adjacent to an activating group) is 1. The fraction of sp³-hybridized carbons (Fsp3) is 0.692. The van der Waals surface area contributed by atoms with E-state index < -0.39 is 0 Å². The normalized spacial score (nSPS) is 22.9. The third-order valence-electron chi connectivity index (χ3n) is 3.24. The van der Waals surface area contributed by atoms with Crippen molar-refractivity contribution >= 4 is 5.91 Å². The average Bonchev–Trinajstić information content (AvgIpc) is 2.94. The van der Waals surface area contributed by atoms with Crippen LogP contribution in [0.25, 0.3) is 0 Å². The van der Waals surface area contributed by atoms with Crippen LogP contribution in [0.15, 0.2) is 12.4 Å². The molecule has 2 rings (SSSR count). The number of hydrogen-bond donors (Lipinski definition) is 2. The monoisotopic (exact) mass is 282 g/mol. The van der Waals surface area contributed by atoms with Gasteiger partial charge < -0.3 is 19.7 Å². The second-order valence-corrected chi connectivity index (χ2v) is 5.14. The van der Waals surface area contributed by atoms with E-state index in [0.29, 0.717) is 25.4 Å². The van der Waals surface area contributed by atoms with Crippen LogP contribution < -0.4 is 5.32 Å². The Morgan fingerprint density at radius 3 is 3.20 bits per heavy atom. The van der Waals surface area contributed by atoms with Gasteiger partial charge in [0, 0.05) is 19.3 Å². The van der Waals surface area contributed by atoms with E-state index in [0.717, 1.165) is 13.0 Å².